The van der Waals surface area contributed by atoms with E-state index in [9.17, 15) is 4.79 Å². The minimum Gasteiger partial charge on any atom is -0.480 e. The van der Waals surface area contributed by atoms with Gasteiger partial charge in [0.1, 0.15) is 0 Å². The van der Waals surface area contributed by atoms with Gasteiger partial charge in [0, 0.05) is 0 Å². The maximum atomic E-state index is 9.85. The average molecular weight is 266 g/mol. The molecule has 1 unspecified atom stereocenters. The second kappa shape index (κ2) is 15.2. The molecule has 0 aliphatic heterocycles. The monoisotopic (exact) mass is 266 g/mol. The zero-order valence-corrected chi connectivity index (χ0v) is 12.3. The molecule has 0 aromatic heterocycles. The van der Waals surface area contributed by atoms with Crippen LogP contribution in [0.25, 0.3) is 0 Å². The molecule has 1 atom stereocenters. The Bertz CT molecular complexity index is 146. The molecule has 0 heterocycles. The highest BCUT2D eigenvalue weighted by Crippen LogP contribution is 2.04. The lowest BCUT2D eigenvalue weighted by Gasteiger charge is -1.95. The molecule has 0 aliphatic rings. The predicted molar refractivity (Wildman–Crippen MR) is 77.9 cm³/mol. The van der Waals surface area contributed by atoms with Gasteiger partial charge in [0.25, 0.3) is 0 Å². The van der Waals surface area contributed by atoms with Gasteiger partial charge in [0.05, 0.1) is 5.25 Å². The molecular weight excluding hydrogens is 240 g/mol. The lowest BCUT2D eigenvalue weighted by atomic mass is 10.1. The van der Waals surface area contributed by atoms with Crippen LogP contribution in [0.15, 0.2) is 0 Å². The number of carbonyl (C=O) groups is 1. The van der Waals surface area contributed by atoms with E-state index in [2.05, 4.69) is 32.2 Å². The van der Waals surface area contributed by atoms with Crippen LogP contribution in [-0.4, -0.2) is 22.1 Å². The van der Waals surface area contributed by atoms with E-state index in [4.69, 9.17) is 5.11 Å². The Balaban J connectivity index is 0. The highest BCUT2D eigenvalue weighted by atomic mass is 32.1. The van der Waals surface area contributed by atoms with Crippen molar-refractivity contribution in [1.82, 2.24) is 0 Å². The Labute approximate surface area is 111 Å². The first-order valence-electron chi connectivity index (χ1n) is 6.11. The molecule has 0 radical (unpaired) electrons. The molecule has 2 nitrogen and oxygen atoms in total. The minimum atomic E-state index is -0.842. The molecule has 0 saturated heterocycles. The fourth-order valence-corrected chi connectivity index (χ4v) is 1.29. The second-order valence-corrected chi connectivity index (χ2v) is 4.82. The van der Waals surface area contributed by atoms with E-state index < -0.39 is 11.2 Å². The van der Waals surface area contributed by atoms with Crippen molar-refractivity contribution in [3.05, 3.63) is 0 Å². The third kappa shape index (κ3) is 16.6. The summed E-state index contributed by atoms with van der Waals surface area (Å²) in [6.07, 6.45) is 8.85. The molecule has 0 amide bonds. The number of carboxylic acids is 1. The summed E-state index contributed by atoms with van der Waals surface area (Å²) in [6, 6.07) is 0. The summed E-state index contributed by atoms with van der Waals surface area (Å²) in [5, 5.41) is 7.62. The van der Waals surface area contributed by atoms with E-state index in [0.717, 1.165) is 5.75 Å². The van der Waals surface area contributed by atoms with Gasteiger partial charge in [-0.05, 0) is 18.6 Å². The van der Waals surface area contributed by atoms with E-state index >= 15 is 0 Å². The Morgan fingerprint density at radius 3 is 1.94 bits per heavy atom. The van der Waals surface area contributed by atoms with E-state index in [0.29, 0.717) is 6.42 Å². The summed E-state index contributed by atoms with van der Waals surface area (Å²) >= 11 is 7.87. The summed E-state index contributed by atoms with van der Waals surface area (Å²) in [5.74, 6) is 0.220. The van der Waals surface area contributed by atoms with Gasteiger partial charge < -0.3 is 5.11 Å². The van der Waals surface area contributed by atoms with Crippen LogP contribution >= 0.6 is 25.3 Å². The van der Waals surface area contributed by atoms with Gasteiger partial charge in [0.2, 0.25) is 0 Å². The normalized spacial score (nSPS) is 11.5. The first-order chi connectivity index (χ1) is 7.59. The summed E-state index contributed by atoms with van der Waals surface area (Å²) in [4.78, 5) is 9.85. The zero-order valence-electron chi connectivity index (χ0n) is 10.5. The number of thiol groups is 2. The molecule has 0 aromatic rings. The molecule has 16 heavy (non-hydrogen) atoms. The van der Waals surface area contributed by atoms with Crippen molar-refractivity contribution in [3.8, 4) is 0 Å². The van der Waals surface area contributed by atoms with E-state index in [1.165, 1.54) is 38.5 Å². The van der Waals surface area contributed by atoms with Gasteiger partial charge in [-0.15, -0.1) is 0 Å². The molecule has 0 fully saturated rings. The Morgan fingerprint density at radius 2 is 1.62 bits per heavy atom. The molecule has 1 N–H and O–H groups in total. The molecule has 0 spiro atoms. The Hall–Kier alpha value is 0.170. The minimum absolute atomic E-state index is 0.486. The van der Waals surface area contributed by atoms with Crippen molar-refractivity contribution in [2.75, 3.05) is 5.75 Å². The van der Waals surface area contributed by atoms with Crippen molar-refractivity contribution in [1.29, 1.82) is 0 Å². The number of unbranched alkanes of at least 4 members (excludes halogenated alkanes) is 5. The number of aliphatic carboxylic acids is 1. The van der Waals surface area contributed by atoms with Crippen molar-refractivity contribution in [2.24, 2.45) is 0 Å². The van der Waals surface area contributed by atoms with Crippen LogP contribution in [0.5, 0.6) is 0 Å². The second-order valence-electron chi connectivity index (χ2n) is 3.75. The quantitative estimate of drug-likeness (QED) is 0.458. The predicted octanol–water partition coefficient (Wildman–Crippen LogP) is 4.06. The zero-order chi connectivity index (χ0) is 12.8. The van der Waals surface area contributed by atoms with Crippen LogP contribution < -0.4 is 0 Å². The molecule has 4 heteroatoms. The molecular formula is C12H26O2S2. The number of carboxylic acid groups (broad SMARTS) is 1. The Morgan fingerprint density at radius 1 is 1.12 bits per heavy atom. The number of rotatable bonds is 8. The van der Waals surface area contributed by atoms with Crippen LogP contribution in [0.2, 0.25) is 0 Å². The highest BCUT2D eigenvalue weighted by molar-refractivity contribution is 7.81. The number of hydrogen-bond donors (Lipinski definition) is 3. The third-order valence-corrected chi connectivity index (χ3v) is 3.09. The topological polar surface area (TPSA) is 37.3 Å². The molecule has 0 rings (SSSR count). The van der Waals surface area contributed by atoms with Gasteiger partial charge in [-0.2, -0.15) is 25.3 Å². The summed E-state index contributed by atoms with van der Waals surface area (Å²) in [5.41, 5.74) is 0. The smallest absolute Gasteiger partial charge is 0.316 e. The number of hydrogen-bond acceptors (Lipinski definition) is 3. The van der Waals surface area contributed by atoms with Crippen LogP contribution in [-0.2, 0) is 4.79 Å². The fraction of sp³-hybridized carbons (Fsp3) is 0.917. The van der Waals surface area contributed by atoms with E-state index in [1.807, 2.05) is 0 Å². The van der Waals surface area contributed by atoms with Gasteiger partial charge in [-0.3, -0.25) is 4.79 Å². The fourth-order valence-electron chi connectivity index (χ4n) is 1.07. The molecule has 0 saturated carbocycles. The van der Waals surface area contributed by atoms with Gasteiger partial charge in [-0.25, -0.2) is 0 Å². The first kappa shape index (κ1) is 18.5. The van der Waals surface area contributed by atoms with Gasteiger partial charge in [-0.1, -0.05) is 46.0 Å². The van der Waals surface area contributed by atoms with Crippen LogP contribution in [0, 0.1) is 0 Å². The van der Waals surface area contributed by atoms with E-state index in [1.54, 1.807) is 6.92 Å². The van der Waals surface area contributed by atoms with Gasteiger partial charge >= 0.3 is 5.97 Å². The summed E-state index contributed by atoms with van der Waals surface area (Å²) in [7, 11) is 0. The van der Waals surface area contributed by atoms with Crippen LogP contribution in [0.4, 0.5) is 0 Å². The standard InChI is InChI=1S/C8H18S.C4H8O2S/c1-2-3-4-5-6-7-8-9;1-2-3(7)4(5)6/h9H,2-8H2,1H3;3,7H,2H2,1H3,(H,5,6). The van der Waals surface area contributed by atoms with Crippen molar-refractivity contribution in [3.63, 3.8) is 0 Å². The van der Waals surface area contributed by atoms with Crippen LogP contribution in [0.3, 0.4) is 0 Å². The average Bonchev–Trinajstić information content (AvgIpc) is 2.28. The highest BCUT2D eigenvalue weighted by Gasteiger charge is 2.06. The van der Waals surface area contributed by atoms with Crippen molar-refractivity contribution < 1.29 is 9.90 Å². The van der Waals surface area contributed by atoms with E-state index in [-0.39, 0.29) is 0 Å². The molecule has 0 aliphatic carbocycles. The lowest BCUT2D eigenvalue weighted by Crippen LogP contribution is -2.10. The molecule has 0 bridgehead atoms. The Kier molecular flexibility index (Phi) is 17.6. The third-order valence-electron chi connectivity index (χ3n) is 2.18. The first-order valence-corrected chi connectivity index (χ1v) is 7.26. The largest absolute Gasteiger partial charge is 0.480 e. The molecule has 0 aromatic carbocycles. The summed E-state index contributed by atoms with van der Waals surface area (Å²) in [6.45, 7) is 4.03. The molecule has 98 valence electrons. The maximum absolute atomic E-state index is 9.85. The summed E-state index contributed by atoms with van der Waals surface area (Å²) < 4.78 is 0. The lowest BCUT2D eigenvalue weighted by molar-refractivity contribution is -0.136. The maximum Gasteiger partial charge on any atom is 0.316 e. The van der Waals surface area contributed by atoms with Crippen molar-refractivity contribution >= 4 is 31.2 Å². The van der Waals surface area contributed by atoms with Crippen LogP contribution in [0.1, 0.15) is 58.8 Å². The van der Waals surface area contributed by atoms with Gasteiger partial charge in [0.15, 0.2) is 0 Å². The van der Waals surface area contributed by atoms with Crippen molar-refractivity contribution in [2.45, 2.75) is 64.0 Å². The SMILES string of the molecule is CCC(S)C(=O)O.CCCCCCCCS.